The van der Waals surface area contributed by atoms with Gasteiger partial charge in [-0.2, -0.15) is 5.10 Å². The smallest absolute Gasteiger partial charge is 0.277 e. The van der Waals surface area contributed by atoms with E-state index in [0.29, 0.717) is 27.2 Å². The molecule has 0 spiro atoms. The second-order valence-electron chi connectivity index (χ2n) is 7.14. The SMILES string of the molecule is CCOc1cc(/C=N/NC(=O)COc2ccc(C(C)(C)C)cc2)cc(I)c1O. The number of halogens is 1. The Kier molecular flexibility index (Phi) is 7.68. The van der Waals surface area contributed by atoms with Crippen LogP contribution in [0, 0.1) is 3.57 Å². The first-order chi connectivity index (χ1) is 13.2. The molecule has 2 aromatic rings. The minimum atomic E-state index is -0.366. The Morgan fingerprint density at radius 3 is 2.50 bits per heavy atom. The van der Waals surface area contributed by atoms with Gasteiger partial charge < -0.3 is 14.6 Å². The molecular weight excluding hydrogens is 471 g/mol. The van der Waals surface area contributed by atoms with E-state index in [1.807, 2.05) is 53.8 Å². The Bertz CT molecular complexity index is 843. The van der Waals surface area contributed by atoms with Crippen LogP contribution in [0.4, 0.5) is 0 Å². The third-order valence-electron chi connectivity index (χ3n) is 3.84. The number of rotatable bonds is 7. The summed E-state index contributed by atoms with van der Waals surface area (Å²) in [5.74, 6) is 0.731. The summed E-state index contributed by atoms with van der Waals surface area (Å²) in [6.45, 7) is 8.56. The van der Waals surface area contributed by atoms with Crippen molar-refractivity contribution in [2.45, 2.75) is 33.1 Å². The fourth-order valence-electron chi connectivity index (χ4n) is 2.34. The standard InChI is InChI=1S/C21H25IN2O4/c1-5-27-18-11-14(10-17(22)20(18)26)12-23-24-19(25)13-28-16-8-6-15(7-9-16)21(2,3)4/h6-12,26H,5,13H2,1-4H3,(H,24,25)/b23-12+. The molecule has 6 nitrogen and oxygen atoms in total. The van der Waals surface area contributed by atoms with Crippen LogP contribution in [-0.4, -0.2) is 30.4 Å². The molecular formula is C21H25IN2O4. The Hall–Kier alpha value is -2.29. The second-order valence-corrected chi connectivity index (χ2v) is 8.30. The van der Waals surface area contributed by atoms with Gasteiger partial charge in [0, 0.05) is 0 Å². The van der Waals surface area contributed by atoms with Crippen LogP contribution < -0.4 is 14.9 Å². The van der Waals surface area contributed by atoms with Gasteiger partial charge in [-0.3, -0.25) is 4.79 Å². The van der Waals surface area contributed by atoms with E-state index in [4.69, 9.17) is 9.47 Å². The van der Waals surface area contributed by atoms with Crippen LogP contribution >= 0.6 is 22.6 Å². The Morgan fingerprint density at radius 1 is 1.21 bits per heavy atom. The molecule has 2 N–H and O–H groups in total. The van der Waals surface area contributed by atoms with Crippen LogP contribution in [0.5, 0.6) is 17.2 Å². The molecule has 2 aromatic carbocycles. The quantitative estimate of drug-likeness (QED) is 0.342. The highest BCUT2D eigenvalue weighted by Crippen LogP contribution is 2.32. The average Bonchev–Trinajstić information content (AvgIpc) is 2.64. The van der Waals surface area contributed by atoms with E-state index in [1.54, 1.807) is 12.1 Å². The Balaban J connectivity index is 1.88. The fraction of sp³-hybridized carbons (Fsp3) is 0.333. The minimum absolute atomic E-state index is 0.0682. The largest absolute Gasteiger partial charge is 0.504 e. The number of hydrogen-bond acceptors (Lipinski definition) is 5. The summed E-state index contributed by atoms with van der Waals surface area (Å²) in [5.41, 5.74) is 4.39. The van der Waals surface area contributed by atoms with E-state index in [1.165, 1.54) is 11.8 Å². The number of nitrogens with one attached hydrogen (secondary N) is 1. The topological polar surface area (TPSA) is 80.2 Å². The van der Waals surface area contributed by atoms with E-state index in [9.17, 15) is 9.90 Å². The van der Waals surface area contributed by atoms with Crippen molar-refractivity contribution in [3.63, 3.8) is 0 Å². The van der Waals surface area contributed by atoms with Gasteiger partial charge in [0.2, 0.25) is 0 Å². The maximum absolute atomic E-state index is 11.9. The number of ether oxygens (including phenoxy) is 2. The number of hydrogen-bond donors (Lipinski definition) is 2. The molecule has 0 bridgehead atoms. The molecule has 0 aliphatic heterocycles. The Labute approximate surface area is 179 Å². The molecule has 1 amide bonds. The zero-order valence-electron chi connectivity index (χ0n) is 16.5. The average molecular weight is 496 g/mol. The van der Waals surface area contributed by atoms with Gasteiger partial charge in [-0.15, -0.1) is 0 Å². The highest BCUT2D eigenvalue weighted by Gasteiger charge is 2.13. The maximum atomic E-state index is 11.9. The van der Waals surface area contributed by atoms with E-state index in [0.717, 1.165) is 0 Å². The monoisotopic (exact) mass is 496 g/mol. The van der Waals surface area contributed by atoms with Gasteiger partial charge in [0.1, 0.15) is 5.75 Å². The lowest BCUT2D eigenvalue weighted by atomic mass is 9.87. The first-order valence-electron chi connectivity index (χ1n) is 8.91. The molecule has 0 atom stereocenters. The van der Waals surface area contributed by atoms with Gasteiger partial charge in [0.05, 0.1) is 16.4 Å². The summed E-state index contributed by atoms with van der Waals surface area (Å²) < 4.78 is 11.5. The number of benzene rings is 2. The summed E-state index contributed by atoms with van der Waals surface area (Å²) in [6, 6.07) is 11.1. The fourth-order valence-corrected chi connectivity index (χ4v) is 2.97. The molecule has 150 valence electrons. The van der Waals surface area contributed by atoms with Crippen molar-refractivity contribution in [3.8, 4) is 17.2 Å². The third kappa shape index (κ3) is 6.40. The minimum Gasteiger partial charge on any atom is -0.504 e. The molecule has 0 fully saturated rings. The van der Waals surface area contributed by atoms with Crippen LogP contribution in [0.1, 0.15) is 38.8 Å². The van der Waals surface area contributed by atoms with Crippen molar-refractivity contribution in [1.82, 2.24) is 5.43 Å². The van der Waals surface area contributed by atoms with Crippen LogP contribution in [0.15, 0.2) is 41.5 Å². The molecule has 0 heterocycles. The van der Waals surface area contributed by atoms with Crippen LogP contribution in [0.2, 0.25) is 0 Å². The van der Waals surface area contributed by atoms with Crippen molar-refractivity contribution < 1.29 is 19.4 Å². The number of amides is 1. The van der Waals surface area contributed by atoms with Gasteiger partial charge in [0.15, 0.2) is 18.1 Å². The molecule has 0 unspecified atom stereocenters. The molecule has 0 aromatic heterocycles. The Morgan fingerprint density at radius 2 is 1.89 bits per heavy atom. The van der Waals surface area contributed by atoms with Crippen LogP contribution in [0.25, 0.3) is 0 Å². The number of aromatic hydroxyl groups is 1. The molecule has 0 aliphatic rings. The third-order valence-corrected chi connectivity index (χ3v) is 4.67. The summed E-state index contributed by atoms with van der Waals surface area (Å²) in [6.07, 6.45) is 1.49. The zero-order valence-corrected chi connectivity index (χ0v) is 18.6. The molecule has 28 heavy (non-hydrogen) atoms. The van der Waals surface area contributed by atoms with Gasteiger partial charge in [0.25, 0.3) is 5.91 Å². The van der Waals surface area contributed by atoms with Gasteiger partial charge in [-0.05, 0) is 70.3 Å². The molecule has 0 saturated carbocycles. The van der Waals surface area contributed by atoms with Crippen molar-refractivity contribution in [2.24, 2.45) is 5.10 Å². The number of carbonyl (C=O) groups excluding carboxylic acids is 1. The number of hydrazone groups is 1. The molecule has 0 saturated heterocycles. The van der Waals surface area contributed by atoms with Crippen molar-refractivity contribution in [1.29, 1.82) is 0 Å². The van der Waals surface area contributed by atoms with Crippen molar-refractivity contribution in [3.05, 3.63) is 51.1 Å². The van der Waals surface area contributed by atoms with Gasteiger partial charge >= 0.3 is 0 Å². The van der Waals surface area contributed by atoms with Gasteiger partial charge in [-0.1, -0.05) is 32.9 Å². The molecule has 0 aliphatic carbocycles. The zero-order chi connectivity index (χ0) is 20.7. The highest BCUT2D eigenvalue weighted by molar-refractivity contribution is 14.1. The lowest BCUT2D eigenvalue weighted by molar-refractivity contribution is -0.123. The predicted octanol–water partition coefficient (Wildman–Crippen LogP) is 4.22. The number of phenols is 1. The lowest BCUT2D eigenvalue weighted by Gasteiger charge is -2.19. The van der Waals surface area contributed by atoms with E-state index >= 15 is 0 Å². The first-order valence-corrected chi connectivity index (χ1v) is 9.99. The van der Waals surface area contributed by atoms with Crippen molar-refractivity contribution in [2.75, 3.05) is 13.2 Å². The van der Waals surface area contributed by atoms with Crippen molar-refractivity contribution >= 4 is 34.7 Å². The first kappa shape index (κ1) is 22.0. The molecule has 0 radical (unpaired) electrons. The highest BCUT2D eigenvalue weighted by atomic mass is 127. The van der Waals surface area contributed by atoms with Crippen LogP contribution in [0.3, 0.4) is 0 Å². The van der Waals surface area contributed by atoms with Crippen LogP contribution in [-0.2, 0) is 10.2 Å². The summed E-state index contributed by atoms with van der Waals surface area (Å²) in [7, 11) is 0. The summed E-state index contributed by atoms with van der Waals surface area (Å²) in [5, 5.41) is 13.9. The van der Waals surface area contributed by atoms with E-state index in [2.05, 4.69) is 31.3 Å². The summed E-state index contributed by atoms with van der Waals surface area (Å²) >= 11 is 2.01. The number of carbonyl (C=O) groups is 1. The lowest BCUT2D eigenvalue weighted by Crippen LogP contribution is -2.24. The maximum Gasteiger partial charge on any atom is 0.277 e. The normalized spacial score (nSPS) is 11.5. The molecule has 7 heteroatoms. The predicted molar refractivity (Wildman–Crippen MR) is 118 cm³/mol. The summed E-state index contributed by atoms with van der Waals surface area (Å²) in [4.78, 5) is 11.9. The van der Waals surface area contributed by atoms with E-state index in [-0.39, 0.29) is 23.7 Å². The van der Waals surface area contributed by atoms with Gasteiger partial charge in [-0.25, -0.2) is 5.43 Å². The number of phenolic OH excluding ortho intramolecular Hbond substituents is 1. The van der Waals surface area contributed by atoms with E-state index < -0.39 is 0 Å². The molecule has 2 rings (SSSR count). The number of nitrogens with zero attached hydrogens (tertiary/aromatic N) is 1. The second kappa shape index (κ2) is 9.77.